The lowest BCUT2D eigenvalue weighted by atomic mass is 10.1. The van der Waals surface area contributed by atoms with Gasteiger partial charge in [-0.25, -0.2) is 0 Å². The molecule has 0 aliphatic carbocycles. The number of anilines is 2. The fourth-order valence-corrected chi connectivity index (χ4v) is 2.13. The number of aryl methyl sites for hydroxylation is 2. The number of nitrogens with one attached hydrogen (secondary N) is 1. The van der Waals surface area contributed by atoms with Gasteiger partial charge in [0, 0.05) is 5.69 Å². The molecule has 2 heteroatoms. The fraction of sp³-hybridized carbons (Fsp3) is 0.235. The van der Waals surface area contributed by atoms with E-state index >= 15 is 0 Å². The molecule has 1 N–H and O–H groups in total. The molecule has 2 aromatic carbocycles. The summed E-state index contributed by atoms with van der Waals surface area (Å²) in [6.45, 7) is 4.20. The summed E-state index contributed by atoms with van der Waals surface area (Å²) in [6.07, 6.45) is 2.15. The lowest BCUT2D eigenvalue weighted by Gasteiger charge is -2.13. The van der Waals surface area contributed by atoms with Gasteiger partial charge in [-0.15, -0.1) is 0 Å². The molecule has 0 atom stereocenters. The van der Waals surface area contributed by atoms with Crippen molar-refractivity contribution in [3.63, 3.8) is 0 Å². The molecule has 0 aliphatic rings. The highest BCUT2D eigenvalue weighted by molar-refractivity contribution is 5.69. The molecule has 2 aromatic rings. The van der Waals surface area contributed by atoms with E-state index in [1.165, 1.54) is 5.56 Å². The standard InChI is InChI=1S/C17H18N2/c1-3-6-14-7-4-5-8-16(14)19-17-11-13(2)9-10-15(17)12-18/h4-5,7-11,19H,3,6H2,1-2H3. The van der Waals surface area contributed by atoms with Crippen LogP contribution in [0.3, 0.4) is 0 Å². The second-order valence-corrected chi connectivity index (χ2v) is 4.69. The first-order chi connectivity index (χ1) is 9.24. The minimum Gasteiger partial charge on any atom is -0.354 e. The molecule has 0 fully saturated rings. The number of benzene rings is 2. The zero-order chi connectivity index (χ0) is 13.7. The van der Waals surface area contributed by atoms with E-state index in [1.807, 2.05) is 31.2 Å². The van der Waals surface area contributed by atoms with E-state index in [4.69, 9.17) is 0 Å². The van der Waals surface area contributed by atoms with Crippen molar-refractivity contribution in [2.75, 3.05) is 5.32 Å². The first-order valence-corrected chi connectivity index (χ1v) is 6.60. The summed E-state index contributed by atoms with van der Waals surface area (Å²) in [7, 11) is 0. The maximum atomic E-state index is 9.17. The van der Waals surface area contributed by atoms with E-state index < -0.39 is 0 Å². The zero-order valence-corrected chi connectivity index (χ0v) is 11.4. The third kappa shape index (κ3) is 3.14. The number of nitriles is 1. The van der Waals surface area contributed by atoms with Crippen molar-refractivity contribution in [2.24, 2.45) is 0 Å². The number of hydrogen-bond acceptors (Lipinski definition) is 2. The van der Waals surface area contributed by atoms with Crippen molar-refractivity contribution in [2.45, 2.75) is 26.7 Å². The van der Waals surface area contributed by atoms with Crippen LogP contribution in [0.25, 0.3) is 0 Å². The van der Waals surface area contributed by atoms with Crippen molar-refractivity contribution < 1.29 is 0 Å². The Kier molecular flexibility index (Phi) is 4.20. The summed E-state index contributed by atoms with van der Waals surface area (Å²) >= 11 is 0. The molecule has 0 saturated heterocycles. The maximum absolute atomic E-state index is 9.17. The molecule has 0 amide bonds. The van der Waals surface area contributed by atoms with Gasteiger partial charge in [-0.1, -0.05) is 37.6 Å². The highest BCUT2D eigenvalue weighted by Gasteiger charge is 2.05. The molecule has 2 rings (SSSR count). The fourth-order valence-electron chi connectivity index (χ4n) is 2.13. The van der Waals surface area contributed by atoms with Crippen LogP contribution in [-0.4, -0.2) is 0 Å². The average Bonchev–Trinajstić information content (AvgIpc) is 2.42. The first kappa shape index (κ1) is 13.2. The summed E-state index contributed by atoms with van der Waals surface area (Å²) in [5.41, 5.74) is 5.08. The molecule has 0 bridgehead atoms. The van der Waals surface area contributed by atoms with Gasteiger partial charge in [0.15, 0.2) is 0 Å². The smallest absolute Gasteiger partial charge is 0.101 e. The topological polar surface area (TPSA) is 35.8 Å². The minimum atomic E-state index is 0.678. The SMILES string of the molecule is CCCc1ccccc1Nc1cc(C)ccc1C#N. The molecule has 0 aromatic heterocycles. The third-order valence-electron chi connectivity index (χ3n) is 3.10. The van der Waals surface area contributed by atoms with Gasteiger partial charge in [0.25, 0.3) is 0 Å². The van der Waals surface area contributed by atoms with Gasteiger partial charge in [0.1, 0.15) is 6.07 Å². The maximum Gasteiger partial charge on any atom is 0.101 e. The second-order valence-electron chi connectivity index (χ2n) is 4.69. The van der Waals surface area contributed by atoms with Crippen molar-refractivity contribution in [3.05, 3.63) is 59.2 Å². The molecular formula is C17H18N2. The van der Waals surface area contributed by atoms with E-state index in [-0.39, 0.29) is 0 Å². The Morgan fingerprint density at radius 2 is 1.89 bits per heavy atom. The number of nitrogens with zero attached hydrogens (tertiary/aromatic N) is 1. The first-order valence-electron chi connectivity index (χ1n) is 6.60. The van der Waals surface area contributed by atoms with Gasteiger partial charge in [-0.2, -0.15) is 5.26 Å². The zero-order valence-electron chi connectivity index (χ0n) is 11.4. The summed E-state index contributed by atoms with van der Waals surface area (Å²) in [4.78, 5) is 0. The quantitative estimate of drug-likeness (QED) is 0.863. The predicted molar refractivity (Wildman–Crippen MR) is 79.6 cm³/mol. The van der Waals surface area contributed by atoms with Gasteiger partial charge in [0.05, 0.1) is 11.3 Å². The Bertz CT molecular complexity index is 609. The van der Waals surface area contributed by atoms with Crippen LogP contribution in [0.1, 0.15) is 30.0 Å². The minimum absolute atomic E-state index is 0.678. The Balaban J connectivity index is 2.36. The van der Waals surface area contributed by atoms with Crippen molar-refractivity contribution in [3.8, 4) is 6.07 Å². The highest BCUT2D eigenvalue weighted by Crippen LogP contribution is 2.25. The molecule has 0 spiro atoms. The molecule has 0 aliphatic heterocycles. The largest absolute Gasteiger partial charge is 0.354 e. The molecule has 19 heavy (non-hydrogen) atoms. The van der Waals surface area contributed by atoms with Crippen LogP contribution in [0.5, 0.6) is 0 Å². The van der Waals surface area contributed by atoms with E-state index in [9.17, 15) is 5.26 Å². The van der Waals surface area contributed by atoms with Crippen LogP contribution in [0, 0.1) is 18.3 Å². The lowest BCUT2D eigenvalue weighted by Crippen LogP contribution is -1.98. The Morgan fingerprint density at radius 3 is 2.63 bits per heavy atom. The van der Waals surface area contributed by atoms with Crippen LogP contribution < -0.4 is 5.32 Å². The highest BCUT2D eigenvalue weighted by atomic mass is 14.9. The van der Waals surface area contributed by atoms with E-state index in [0.717, 1.165) is 29.8 Å². The Morgan fingerprint density at radius 1 is 1.11 bits per heavy atom. The average molecular weight is 250 g/mol. The summed E-state index contributed by atoms with van der Waals surface area (Å²) in [5.74, 6) is 0. The van der Waals surface area contributed by atoms with Gasteiger partial charge < -0.3 is 5.32 Å². The van der Waals surface area contributed by atoms with E-state index in [0.29, 0.717) is 5.56 Å². The van der Waals surface area contributed by atoms with Crippen LogP contribution in [0.2, 0.25) is 0 Å². The van der Waals surface area contributed by atoms with Gasteiger partial charge in [0.2, 0.25) is 0 Å². The van der Waals surface area contributed by atoms with Crippen LogP contribution in [0.15, 0.2) is 42.5 Å². The predicted octanol–water partition coefficient (Wildman–Crippen LogP) is 4.56. The molecule has 0 saturated carbocycles. The van der Waals surface area contributed by atoms with Gasteiger partial charge in [-0.3, -0.25) is 0 Å². The number of hydrogen-bond donors (Lipinski definition) is 1. The molecule has 0 radical (unpaired) electrons. The van der Waals surface area contributed by atoms with E-state index in [2.05, 4.69) is 36.5 Å². The molecule has 0 heterocycles. The van der Waals surface area contributed by atoms with Crippen molar-refractivity contribution in [1.29, 1.82) is 5.26 Å². The molecule has 96 valence electrons. The summed E-state index contributed by atoms with van der Waals surface area (Å²) in [6, 6.07) is 16.3. The van der Waals surface area contributed by atoms with Crippen LogP contribution in [-0.2, 0) is 6.42 Å². The summed E-state index contributed by atoms with van der Waals surface area (Å²) < 4.78 is 0. The molecule has 2 nitrogen and oxygen atoms in total. The van der Waals surface area contributed by atoms with Crippen LogP contribution in [0.4, 0.5) is 11.4 Å². The van der Waals surface area contributed by atoms with Crippen LogP contribution >= 0.6 is 0 Å². The molecular weight excluding hydrogens is 232 g/mol. The lowest BCUT2D eigenvalue weighted by molar-refractivity contribution is 0.923. The van der Waals surface area contributed by atoms with Crippen molar-refractivity contribution in [1.82, 2.24) is 0 Å². The van der Waals surface area contributed by atoms with Gasteiger partial charge >= 0.3 is 0 Å². The Labute approximate surface area is 114 Å². The second kappa shape index (κ2) is 6.06. The normalized spacial score (nSPS) is 9.95. The Hall–Kier alpha value is -2.27. The van der Waals surface area contributed by atoms with Crippen molar-refractivity contribution >= 4 is 11.4 Å². The van der Waals surface area contributed by atoms with E-state index in [1.54, 1.807) is 0 Å². The number of rotatable bonds is 4. The van der Waals surface area contributed by atoms with Gasteiger partial charge in [-0.05, 0) is 42.7 Å². The third-order valence-corrected chi connectivity index (χ3v) is 3.10. The number of para-hydroxylation sites is 1. The molecule has 0 unspecified atom stereocenters. The summed E-state index contributed by atoms with van der Waals surface area (Å²) in [5, 5.41) is 12.6. The monoisotopic (exact) mass is 250 g/mol.